The molecule has 3 nitrogen and oxygen atoms in total. The summed E-state index contributed by atoms with van der Waals surface area (Å²) in [5.74, 6) is -0.112. The molecule has 0 radical (unpaired) electrons. The zero-order valence-corrected chi connectivity index (χ0v) is 12.3. The second-order valence-corrected chi connectivity index (χ2v) is 6.60. The number of carbonyl (C=O) groups excluding carboxylic acids is 1. The molecule has 0 N–H and O–H groups in total. The van der Waals surface area contributed by atoms with Crippen molar-refractivity contribution < 1.29 is 9.53 Å². The Bertz CT molecular complexity index is 380. The summed E-state index contributed by atoms with van der Waals surface area (Å²) in [6.45, 7) is 4.61. The number of carbonyl (C=O) groups is 1. The van der Waals surface area contributed by atoms with Gasteiger partial charge in [-0.1, -0.05) is 0 Å². The maximum absolute atomic E-state index is 11.4. The fourth-order valence-electron chi connectivity index (χ4n) is 2.05. The van der Waals surface area contributed by atoms with Crippen LogP contribution in [0.4, 0.5) is 0 Å². The van der Waals surface area contributed by atoms with Crippen molar-refractivity contribution in [3.63, 3.8) is 0 Å². The number of fused-ring (bicyclic) bond motifs is 1. The first-order valence-electron chi connectivity index (χ1n) is 5.84. The molecule has 0 saturated heterocycles. The van der Waals surface area contributed by atoms with Crippen molar-refractivity contribution in [1.82, 2.24) is 4.90 Å². The van der Waals surface area contributed by atoms with Gasteiger partial charge in [0, 0.05) is 18.0 Å². The van der Waals surface area contributed by atoms with Gasteiger partial charge in [0.2, 0.25) is 0 Å². The number of nitrogens with zero attached hydrogens (tertiary/aromatic N) is 1. The summed E-state index contributed by atoms with van der Waals surface area (Å²) in [7, 11) is 0. The van der Waals surface area contributed by atoms with Crippen LogP contribution in [0.15, 0.2) is 9.85 Å². The van der Waals surface area contributed by atoms with E-state index in [4.69, 9.17) is 4.74 Å². The third-order valence-electron chi connectivity index (χ3n) is 2.88. The summed E-state index contributed by atoms with van der Waals surface area (Å²) < 4.78 is 6.19. The normalized spacial score (nSPS) is 16.4. The summed E-state index contributed by atoms with van der Waals surface area (Å²) in [5.41, 5.74) is 1.42. The van der Waals surface area contributed by atoms with Gasteiger partial charge in [0.15, 0.2) is 0 Å². The van der Waals surface area contributed by atoms with E-state index in [0.717, 1.165) is 25.9 Å². The molecular formula is C12H16BrNO2S. The SMILES string of the molecule is CCOC(=O)CN1CCc2cc(Br)sc2CC1. The van der Waals surface area contributed by atoms with E-state index < -0.39 is 0 Å². The molecule has 0 atom stereocenters. The Morgan fingerprint density at radius 1 is 1.53 bits per heavy atom. The highest BCUT2D eigenvalue weighted by Crippen LogP contribution is 2.29. The van der Waals surface area contributed by atoms with Crippen molar-refractivity contribution in [3.8, 4) is 0 Å². The van der Waals surface area contributed by atoms with Crippen LogP contribution in [0.3, 0.4) is 0 Å². The van der Waals surface area contributed by atoms with Gasteiger partial charge in [-0.15, -0.1) is 11.3 Å². The van der Waals surface area contributed by atoms with Crippen LogP contribution >= 0.6 is 27.3 Å². The van der Waals surface area contributed by atoms with E-state index in [9.17, 15) is 4.79 Å². The van der Waals surface area contributed by atoms with Crippen molar-refractivity contribution in [2.24, 2.45) is 0 Å². The van der Waals surface area contributed by atoms with E-state index in [1.54, 1.807) is 0 Å². The lowest BCUT2D eigenvalue weighted by molar-refractivity contribution is -0.144. The van der Waals surface area contributed by atoms with E-state index in [0.29, 0.717) is 13.2 Å². The van der Waals surface area contributed by atoms with Gasteiger partial charge >= 0.3 is 5.97 Å². The maximum atomic E-state index is 11.4. The molecule has 0 amide bonds. The number of hydrogen-bond donors (Lipinski definition) is 0. The number of hydrogen-bond acceptors (Lipinski definition) is 4. The lowest BCUT2D eigenvalue weighted by Gasteiger charge is -2.18. The molecule has 1 aliphatic heterocycles. The Balaban J connectivity index is 1.91. The maximum Gasteiger partial charge on any atom is 0.320 e. The molecule has 1 aliphatic rings. The number of halogens is 1. The Hall–Kier alpha value is -0.390. The van der Waals surface area contributed by atoms with Crippen molar-refractivity contribution >= 4 is 33.2 Å². The zero-order valence-electron chi connectivity index (χ0n) is 9.87. The van der Waals surface area contributed by atoms with Gasteiger partial charge in [-0.25, -0.2) is 0 Å². The molecule has 2 rings (SSSR count). The quantitative estimate of drug-likeness (QED) is 0.802. The van der Waals surface area contributed by atoms with E-state index in [1.807, 2.05) is 18.3 Å². The molecule has 0 saturated carbocycles. The first-order valence-corrected chi connectivity index (χ1v) is 7.45. The predicted molar refractivity (Wildman–Crippen MR) is 72.5 cm³/mol. The lowest BCUT2D eigenvalue weighted by atomic mass is 10.2. The van der Waals surface area contributed by atoms with Gasteiger partial charge in [-0.05, 0) is 47.3 Å². The molecule has 0 unspecified atom stereocenters. The van der Waals surface area contributed by atoms with Gasteiger partial charge in [0.25, 0.3) is 0 Å². The number of esters is 1. The Morgan fingerprint density at radius 3 is 3.06 bits per heavy atom. The summed E-state index contributed by atoms with van der Waals surface area (Å²) in [6, 6.07) is 2.20. The minimum Gasteiger partial charge on any atom is -0.465 e. The monoisotopic (exact) mass is 317 g/mol. The highest BCUT2D eigenvalue weighted by atomic mass is 79.9. The summed E-state index contributed by atoms with van der Waals surface area (Å²) >= 11 is 5.33. The van der Waals surface area contributed by atoms with Crippen molar-refractivity contribution in [2.45, 2.75) is 19.8 Å². The summed E-state index contributed by atoms with van der Waals surface area (Å²) in [6.07, 6.45) is 2.06. The van der Waals surface area contributed by atoms with Gasteiger partial charge in [0.1, 0.15) is 0 Å². The van der Waals surface area contributed by atoms with Crippen molar-refractivity contribution in [1.29, 1.82) is 0 Å². The van der Waals surface area contributed by atoms with Crippen molar-refractivity contribution in [3.05, 3.63) is 20.3 Å². The van der Waals surface area contributed by atoms with Crippen LogP contribution in [0.1, 0.15) is 17.4 Å². The Labute approximate surface area is 114 Å². The van der Waals surface area contributed by atoms with Crippen LogP contribution < -0.4 is 0 Å². The second kappa shape index (κ2) is 5.98. The largest absolute Gasteiger partial charge is 0.465 e. The van der Waals surface area contributed by atoms with Gasteiger partial charge in [-0.3, -0.25) is 9.69 Å². The smallest absolute Gasteiger partial charge is 0.320 e. The summed E-state index contributed by atoms with van der Waals surface area (Å²) in [5, 5.41) is 0. The molecule has 0 aromatic carbocycles. The fraction of sp³-hybridized carbons (Fsp3) is 0.583. The molecule has 0 aliphatic carbocycles. The molecular weight excluding hydrogens is 302 g/mol. The molecule has 0 fully saturated rings. The minimum atomic E-state index is -0.112. The average Bonchev–Trinajstić information content (AvgIpc) is 2.54. The molecule has 0 bridgehead atoms. The predicted octanol–water partition coefficient (Wildman–Crippen LogP) is 2.47. The first-order chi connectivity index (χ1) is 8.19. The topological polar surface area (TPSA) is 29.5 Å². The van der Waals surface area contributed by atoms with Gasteiger partial charge in [-0.2, -0.15) is 0 Å². The molecule has 0 spiro atoms. The number of ether oxygens (including phenoxy) is 1. The third-order valence-corrected chi connectivity index (χ3v) is 4.62. The highest BCUT2D eigenvalue weighted by molar-refractivity contribution is 9.11. The molecule has 17 heavy (non-hydrogen) atoms. The lowest BCUT2D eigenvalue weighted by Crippen LogP contribution is -2.33. The van der Waals surface area contributed by atoms with E-state index in [1.165, 1.54) is 14.2 Å². The van der Waals surface area contributed by atoms with Crippen LogP contribution in [0.5, 0.6) is 0 Å². The van der Waals surface area contributed by atoms with E-state index in [-0.39, 0.29) is 5.97 Å². The van der Waals surface area contributed by atoms with Gasteiger partial charge < -0.3 is 4.74 Å². The second-order valence-electron chi connectivity index (χ2n) is 4.08. The molecule has 1 aromatic heterocycles. The van der Waals surface area contributed by atoms with Crippen LogP contribution in [0.25, 0.3) is 0 Å². The van der Waals surface area contributed by atoms with Crippen LogP contribution in [0.2, 0.25) is 0 Å². The number of thiophene rings is 1. The highest BCUT2D eigenvalue weighted by Gasteiger charge is 2.18. The molecule has 2 heterocycles. The van der Waals surface area contributed by atoms with Crippen LogP contribution in [-0.4, -0.2) is 37.1 Å². The molecule has 1 aromatic rings. The van der Waals surface area contributed by atoms with E-state index >= 15 is 0 Å². The van der Waals surface area contributed by atoms with Crippen molar-refractivity contribution in [2.75, 3.05) is 26.2 Å². The summed E-state index contributed by atoms with van der Waals surface area (Å²) in [4.78, 5) is 15.0. The molecule has 5 heteroatoms. The van der Waals surface area contributed by atoms with Gasteiger partial charge in [0.05, 0.1) is 16.9 Å². The Morgan fingerprint density at radius 2 is 2.29 bits per heavy atom. The van der Waals surface area contributed by atoms with E-state index in [2.05, 4.69) is 26.9 Å². The molecule has 94 valence electrons. The number of rotatable bonds is 3. The van der Waals surface area contributed by atoms with Crippen LogP contribution in [0, 0.1) is 0 Å². The van der Waals surface area contributed by atoms with Crippen LogP contribution in [-0.2, 0) is 22.4 Å². The first kappa shape index (κ1) is 13.1. The minimum absolute atomic E-state index is 0.112. The standard InChI is InChI=1S/C12H16BrNO2S/c1-2-16-12(15)8-14-5-3-9-7-11(13)17-10(9)4-6-14/h7H,2-6,8H2,1H3. The Kier molecular flexibility index (Phi) is 4.59. The fourth-order valence-corrected chi connectivity index (χ4v) is 3.84. The average molecular weight is 318 g/mol. The zero-order chi connectivity index (χ0) is 12.3. The third kappa shape index (κ3) is 3.53.